The van der Waals surface area contributed by atoms with Crippen LogP contribution >= 0.6 is 0 Å². The number of aryl methyl sites for hydroxylation is 2. The summed E-state index contributed by atoms with van der Waals surface area (Å²) in [4.78, 5) is 30.3. The van der Waals surface area contributed by atoms with Gasteiger partial charge in [0.25, 0.3) is 5.91 Å². The zero-order chi connectivity index (χ0) is 18.6. The number of aromatic amines is 1. The molecular formula is C22H29N3O2. The number of H-pyrrole nitrogens is 1. The second kappa shape index (κ2) is 8.15. The lowest BCUT2D eigenvalue weighted by Crippen LogP contribution is -2.35. The number of likely N-dealkylation sites (tertiary alicyclic amines) is 1. The van der Waals surface area contributed by atoms with E-state index >= 15 is 0 Å². The molecule has 1 aromatic carbocycles. The Morgan fingerprint density at radius 3 is 2.59 bits per heavy atom. The van der Waals surface area contributed by atoms with E-state index in [2.05, 4.69) is 10.3 Å². The molecule has 2 aliphatic rings. The van der Waals surface area contributed by atoms with Crippen molar-refractivity contribution in [1.82, 2.24) is 15.2 Å². The van der Waals surface area contributed by atoms with Gasteiger partial charge in [0.2, 0.25) is 5.91 Å². The number of nitrogens with zero attached hydrogens (tertiary/aromatic N) is 1. The lowest BCUT2D eigenvalue weighted by atomic mass is 9.95. The molecule has 1 saturated heterocycles. The summed E-state index contributed by atoms with van der Waals surface area (Å²) in [6.45, 7) is 2.13. The van der Waals surface area contributed by atoms with E-state index < -0.39 is 0 Å². The van der Waals surface area contributed by atoms with E-state index in [1.165, 1.54) is 42.3 Å². The highest BCUT2D eigenvalue weighted by Gasteiger charge is 2.18. The summed E-state index contributed by atoms with van der Waals surface area (Å²) in [6.07, 6.45) is 9.64. The molecule has 0 bridgehead atoms. The number of carbonyl (C=O) groups excluding carboxylic acids is 2. The monoisotopic (exact) mass is 367 g/mol. The first kappa shape index (κ1) is 18.1. The van der Waals surface area contributed by atoms with Crippen LogP contribution in [-0.4, -0.2) is 41.3 Å². The zero-order valence-corrected chi connectivity index (χ0v) is 16.0. The first-order chi connectivity index (χ1) is 13.2. The lowest BCUT2D eigenvalue weighted by Gasteiger charge is -2.20. The molecule has 0 spiro atoms. The minimum atomic E-state index is -0.0914. The van der Waals surface area contributed by atoms with E-state index in [-0.39, 0.29) is 11.8 Å². The lowest BCUT2D eigenvalue weighted by molar-refractivity contribution is -0.131. The molecule has 0 saturated carbocycles. The molecule has 27 heavy (non-hydrogen) atoms. The summed E-state index contributed by atoms with van der Waals surface area (Å²) in [7, 11) is 0. The predicted molar refractivity (Wildman–Crippen MR) is 107 cm³/mol. The molecule has 1 aromatic heterocycles. The number of hydrogen-bond donors (Lipinski definition) is 2. The third kappa shape index (κ3) is 4.02. The van der Waals surface area contributed by atoms with Gasteiger partial charge in [-0.2, -0.15) is 0 Å². The Hall–Kier alpha value is -2.30. The molecular weight excluding hydrogens is 338 g/mol. The molecule has 5 nitrogen and oxygen atoms in total. The number of benzene rings is 1. The molecule has 0 unspecified atom stereocenters. The summed E-state index contributed by atoms with van der Waals surface area (Å²) >= 11 is 0. The topological polar surface area (TPSA) is 65.2 Å². The molecule has 1 fully saturated rings. The second-order valence-electron chi connectivity index (χ2n) is 7.85. The van der Waals surface area contributed by atoms with Gasteiger partial charge in [0.15, 0.2) is 0 Å². The van der Waals surface area contributed by atoms with Gasteiger partial charge < -0.3 is 15.2 Å². The van der Waals surface area contributed by atoms with Gasteiger partial charge in [0.05, 0.1) is 0 Å². The zero-order valence-electron chi connectivity index (χ0n) is 16.0. The van der Waals surface area contributed by atoms with Crippen LogP contribution < -0.4 is 5.32 Å². The van der Waals surface area contributed by atoms with Crippen LogP contribution in [0.3, 0.4) is 0 Å². The van der Waals surface area contributed by atoms with Crippen molar-refractivity contribution >= 4 is 22.7 Å². The van der Waals surface area contributed by atoms with Crippen molar-refractivity contribution in [3.8, 4) is 0 Å². The smallest absolute Gasteiger partial charge is 0.251 e. The number of nitrogens with one attached hydrogen (secondary N) is 2. The summed E-state index contributed by atoms with van der Waals surface area (Å²) < 4.78 is 0. The van der Waals surface area contributed by atoms with E-state index in [1.54, 1.807) is 0 Å². The van der Waals surface area contributed by atoms with Gasteiger partial charge in [-0.1, -0.05) is 12.8 Å². The fourth-order valence-electron chi connectivity index (χ4n) is 4.41. The fraction of sp³-hybridized carbons (Fsp3) is 0.545. The van der Waals surface area contributed by atoms with E-state index in [0.717, 1.165) is 44.3 Å². The van der Waals surface area contributed by atoms with Crippen LogP contribution in [-0.2, 0) is 17.6 Å². The normalized spacial score (nSPS) is 17.4. The number of rotatable bonds is 4. The molecule has 0 radical (unpaired) electrons. The van der Waals surface area contributed by atoms with Crippen LogP contribution in [0.2, 0.25) is 0 Å². The van der Waals surface area contributed by atoms with Crippen molar-refractivity contribution in [1.29, 1.82) is 0 Å². The number of amides is 2. The summed E-state index contributed by atoms with van der Waals surface area (Å²) in [5.74, 6) is 0.0682. The highest BCUT2D eigenvalue weighted by Crippen LogP contribution is 2.29. The molecule has 0 atom stereocenters. The Morgan fingerprint density at radius 1 is 1.00 bits per heavy atom. The number of hydrogen-bond acceptors (Lipinski definition) is 2. The van der Waals surface area contributed by atoms with E-state index in [4.69, 9.17) is 0 Å². The summed E-state index contributed by atoms with van der Waals surface area (Å²) in [5, 5.41) is 4.10. The molecule has 1 aliphatic carbocycles. The third-order valence-electron chi connectivity index (χ3n) is 5.94. The van der Waals surface area contributed by atoms with E-state index in [0.29, 0.717) is 18.5 Å². The van der Waals surface area contributed by atoms with E-state index in [1.807, 2.05) is 23.1 Å². The van der Waals surface area contributed by atoms with Gasteiger partial charge >= 0.3 is 0 Å². The molecule has 4 rings (SSSR count). The molecule has 2 amide bonds. The van der Waals surface area contributed by atoms with Crippen molar-refractivity contribution in [3.05, 3.63) is 35.0 Å². The largest absolute Gasteiger partial charge is 0.358 e. The first-order valence-electron chi connectivity index (χ1n) is 10.4. The van der Waals surface area contributed by atoms with Gasteiger partial charge in [0, 0.05) is 48.2 Å². The van der Waals surface area contributed by atoms with Crippen LogP contribution in [0.5, 0.6) is 0 Å². The van der Waals surface area contributed by atoms with Crippen LogP contribution in [0.15, 0.2) is 18.2 Å². The van der Waals surface area contributed by atoms with Gasteiger partial charge in [-0.3, -0.25) is 9.59 Å². The number of fused-ring (bicyclic) bond motifs is 3. The molecule has 2 heterocycles. The Morgan fingerprint density at radius 2 is 1.78 bits per heavy atom. The standard InChI is InChI=1S/C22H29N3O2/c26-21(25-13-5-1-2-6-14-25)11-12-23-22(27)16-9-10-20-18(15-16)17-7-3-4-8-19(17)24-20/h9-10,15,24H,1-8,11-14H2,(H,23,27). The van der Waals surface area contributed by atoms with Crippen molar-refractivity contribution in [2.24, 2.45) is 0 Å². The Bertz CT molecular complexity index is 831. The molecule has 2 aromatic rings. The number of carbonyl (C=O) groups is 2. The minimum absolute atomic E-state index is 0.0914. The number of aromatic nitrogens is 1. The highest BCUT2D eigenvalue weighted by molar-refractivity contribution is 5.99. The third-order valence-corrected chi connectivity index (χ3v) is 5.94. The summed E-state index contributed by atoms with van der Waals surface area (Å²) in [5.41, 5.74) is 4.51. The summed E-state index contributed by atoms with van der Waals surface area (Å²) in [6, 6.07) is 5.88. The maximum atomic E-state index is 12.5. The minimum Gasteiger partial charge on any atom is -0.358 e. The van der Waals surface area contributed by atoms with Crippen LogP contribution in [0.1, 0.15) is 66.6 Å². The maximum Gasteiger partial charge on any atom is 0.251 e. The maximum absolute atomic E-state index is 12.5. The average molecular weight is 367 g/mol. The van der Waals surface area contributed by atoms with Crippen molar-refractivity contribution in [2.45, 2.75) is 57.8 Å². The quantitative estimate of drug-likeness (QED) is 0.868. The van der Waals surface area contributed by atoms with Gasteiger partial charge in [-0.25, -0.2) is 0 Å². The van der Waals surface area contributed by atoms with Gasteiger partial charge in [-0.15, -0.1) is 0 Å². The van der Waals surface area contributed by atoms with Crippen molar-refractivity contribution in [2.75, 3.05) is 19.6 Å². The molecule has 1 aliphatic heterocycles. The average Bonchev–Trinajstić information content (AvgIpc) is 2.86. The van der Waals surface area contributed by atoms with Gasteiger partial charge in [0.1, 0.15) is 0 Å². The highest BCUT2D eigenvalue weighted by atomic mass is 16.2. The first-order valence-corrected chi connectivity index (χ1v) is 10.4. The van der Waals surface area contributed by atoms with Crippen molar-refractivity contribution in [3.63, 3.8) is 0 Å². The van der Waals surface area contributed by atoms with Crippen LogP contribution in [0, 0.1) is 0 Å². The molecule has 2 N–H and O–H groups in total. The fourth-order valence-corrected chi connectivity index (χ4v) is 4.41. The van der Waals surface area contributed by atoms with Gasteiger partial charge in [-0.05, 0) is 62.3 Å². The SMILES string of the molecule is O=C(NCCC(=O)N1CCCCCC1)c1ccc2[nH]c3c(c2c1)CCCC3. The molecule has 144 valence electrons. The predicted octanol–water partition coefficient (Wildman–Crippen LogP) is 3.57. The van der Waals surface area contributed by atoms with Crippen LogP contribution in [0.25, 0.3) is 10.9 Å². The second-order valence-corrected chi connectivity index (χ2v) is 7.85. The Kier molecular flexibility index (Phi) is 5.46. The Labute approximate surface area is 160 Å². The van der Waals surface area contributed by atoms with Crippen LogP contribution in [0.4, 0.5) is 0 Å². The Balaban J connectivity index is 1.36. The van der Waals surface area contributed by atoms with E-state index in [9.17, 15) is 9.59 Å². The molecule has 5 heteroatoms. The van der Waals surface area contributed by atoms with Crippen molar-refractivity contribution < 1.29 is 9.59 Å².